The van der Waals surface area contributed by atoms with E-state index in [0.717, 1.165) is 15.5 Å². The largest absolute Gasteiger partial charge is 0.469 e. The summed E-state index contributed by atoms with van der Waals surface area (Å²) in [7, 11) is 1.39. The van der Waals surface area contributed by atoms with Crippen LogP contribution in [-0.4, -0.2) is 28.8 Å². The minimum Gasteiger partial charge on any atom is -0.469 e. The maximum absolute atomic E-state index is 11.0. The molecule has 0 atom stereocenters. The van der Waals surface area contributed by atoms with Crippen LogP contribution >= 0.6 is 27.7 Å². The van der Waals surface area contributed by atoms with E-state index in [2.05, 4.69) is 51.4 Å². The average molecular weight is 333 g/mol. The van der Waals surface area contributed by atoms with Crippen molar-refractivity contribution in [3.8, 4) is 0 Å². The zero-order valence-electron chi connectivity index (χ0n) is 11.0. The molecule has 1 heterocycles. The standard InChI is InChI=1S/C12H17BrN2O2S/c1-12(2,3)11-14-8(13)7-9(15-11)18-6-5-10(16)17-4/h7H,5-6H2,1-4H3. The molecular formula is C12H17BrN2O2S. The Morgan fingerprint density at radius 2 is 2.11 bits per heavy atom. The summed E-state index contributed by atoms with van der Waals surface area (Å²) in [6.07, 6.45) is 0.383. The number of methoxy groups -OCH3 is 1. The molecule has 0 saturated heterocycles. The summed E-state index contributed by atoms with van der Waals surface area (Å²) in [5, 5.41) is 0.866. The number of ether oxygens (including phenoxy) is 1. The molecule has 0 aliphatic heterocycles. The summed E-state index contributed by atoms with van der Waals surface area (Å²) in [6.45, 7) is 6.20. The number of hydrogen-bond donors (Lipinski definition) is 0. The molecule has 0 aliphatic carbocycles. The van der Waals surface area contributed by atoms with Crippen LogP contribution in [0, 0.1) is 0 Å². The molecule has 0 saturated carbocycles. The molecule has 0 aliphatic rings. The second kappa shape index (κ2) is 6.52. The maximum atomic E-state index is 11.0. The van der Waals surface area contributed by atoms with Crippen LogP contribution in [0.1, 0.15) is 33.0 Å². The van der Waals surface area contributed by atoms with Gasteiger partial charge in [-0.2, -0.15) is 0 Å². The molecule has 0 fully saturated rings. The fourth-order valence-corrected chi connectivity index (χ4v) is 2.51. The Balaban J connectivity index is 2.72. The third-order valence-corrected chi connectivity index (χ3v) is 3.45. The summed E-state index contributed by atoms with van der Waals surface area (Å²) in [6, 6.07) is 1.86. The lowest BCUT2D eigenvalue weighted by Crippen LogP contribution is -2.16. The van der Waals surface area contributed by atoms with Crippen LogP contribution in [0.25, 0.3) is 0 Å². The Morgan fingerprint density at radius 1 is 1.44 bits per heavy atom. The first-order valence-electron chi connectivity index (χ1n) is 5.57. The van der Waals surface area contributed by atoms with E-state index in [1.807, 2.05) is 6.07 Å². The van der Waals surface area contributed by atoms with Gasteiger partial charge in [-0.3, -0.25) is 4.79 Å². The van der Waals surface area contributed by atoms with Gasteiger partial charge in [-0.05, 0) is 15.9 Å². The number of nitrogens with zero attached hydrogens (tertiary/aromatic N) is 2. The highest BCUT2D eigenvalue weighted by molar-refractivity contribution is 9.10. The molecule has 0 unspecified atom stereocenters. The van der Waals surface area contributed by atoms with Crippen LogP contribution in [0.3, 0.4) is 0 Å². The Hall–Kier alpha value is -0.620. The molecule has 1 aromatic heterocycles. The summed E-state index contributed by atoms with van der Waals surface area (Å²) < 4.78 is 5.36. The third-order valence-electron chi connectivity index (χ3n) is 2.13. The average Bonchev–Trinajstić information content (AvgIpc) is 2.27. The van der Waals surface area contributed by atoms with Crippen LogP contribution in [0.4, 0.5) is 0 Å². The van der Waals surface area contributed by atoms with Gasteiger partial charge in [-0.1, -0.05) is 20.8 Å². The molecule has 0 N–H and O–H groups in total. The molecule has 100 valence electrons. The number of aromatic nitrogens is 2. The van der Waals surface area contributed by atoms with Crippen molar-refractivity contribution >= 4 is 33.7 Å². The molecule has 0 amide bonds. The number of halogens is 1. The Labute approximate surface area is 120 Å². The van der Waals surface area contributed by atoms with Crippen LogP contribution in [0.2, 0.25) is 0 Å². The van der Waals surface area contributed by atoms with Gasteiger partial charge in [0.05, 0.1) is 13.5 Å². The highest BCUT2D eigenvalue weighted by atomic mass is 79.9. The first-order chi connectivity index (χ1) is 8.32. The number of rotatable bonds is 4. The van der Waals surface area contributed by atoms with Crippen molar-refractivity contribution in [3.63, 3.8) is 0 Å². The molecular weight excluding hydrogens is 316 g/mol. The van der Waals surface area contributed by atoms with Gasteiger partial charge in [0, 0.05) is 17.2 Å². The molecule has 0 spiro atoms. The van der Waals surface area contributed by atoms with Crippen LogP contribution < -0.4 is 0 Å². The van der Waals surface area contributed by atoms with E-state index >= 15 is 0 Å². The number of hydrogen-bond acceptors (Lipinski definition) is 5. The van der Waals surface area contributed by atoms with Gasteiger partial charge in [0.25, 0.3) is 0 Å². The minimum atomic E-state index is -0.202. The van der Waals surface area contributed by atoms with E-state index in [9.17, 15) is 4.79 Å². The van der Waals surface area contributed by atoms with E-state index in [4.69, 9.17) is 0 Å². The van der Waals surface area contributed by atoms with Gasteiger partial charge >= 0.3 is 5.97 Å². The van der Waals surface area contributed by atoms with Gasteiger partial charge in [-0.15, -0.1) is 11.8 Å². The predicted molar refractivity (Wildman–Crippen MR) is 75.8 cm³/mol. The van der Waals surface area contributed by atoms with Gasteiger partial charge in [0.1, 0.15) is 15.5 Å². The fraction of sp³-hybridized carbons (Fsp3) is 0.583. The van der Waals surface area contributed by atoms with Crippen molar-refractivity contribution in [2.24, 2.45) is 0 Å². The van der Waals surface area contributed by atoms with E-state index in [0.29, 0.717) is 12.2 Å². The number of thioether (sulfide) groups is 1. The van der Waals surface area contributed by atoms with E-state index in [1.54, 1.807) is 0 Å². The topological polar surface area (TPSA) is 52.1 Å². The van der Waals surface area contributed by atoms with Gasteiger partial charge < -0.3 is 4.74 Å². The zero-order valence-corrected chi connectivity index (χ0v) is 13.4. The lowest BCUT2D eigenvalue weighted by atomic mass is 9.96. The molecule has 6 heteroatoms. The molecule has 0 bridgehead atoms. The van der Waals surface area contributed by atoms with Crippen molar-refractivity contribution in [2.45, 2.75) is 37.6 Å². The highest BCUT2D eigenvalue weighted by Gasteiger charge is 2.18. The van der Waals surface area contributed by atoms with Crippen LogP contribution in [0.5, 0.6) is 0 Å². The van der Waals surface area contributed by atoms with Crippen molar-refractivity contribution in [2.75, 3.05) is 12.9 Å². The number of esters is 1. The quantitative estimate of drug-likeness (QED) is 0.481. The molecule has 1 rings (SSSR count). The third kappa shape index (κ3) is 4.94. The number of carbonyl (C=O) groups is 1. The molecule has 0 aromatic carbocycles. The van der Waals surface area contributed by atoms with E-state index in [-0.39, 0.29) is 11.4 Å². The first kappa shape index (κ1) is 15.4. The maximum Gasteiger partial charge on any atom is 0.306 e. The zero-order chi connectivity index (χ0) is 13.8. The smallest absolute Gasteiger partial charge is 0.306 e. The van der Waals surface area contributed by atoms with Gasteiger partial charge in [0.2, 0.25) is 0 Å². The van der Waals surface area contributed by atoms with E-state index in [1.165, 1.54) is 18.9 Å². The molecule has 18 heavy (non-hydrogen) atoms. The predicted octanol–water partition coefficient (Wildman–Crippen LogP) is 3.19. The Kier molecular flexibility index (Phi) is 5.59. The monoisotopic (exact) mass is 332 g/mol. The van der Waals surface area contributed by atoms with Gasteiger partial charge in [-0.25, -0.2) is 9.97 Å². The summed E-state index contributed by atoms with van der Waals surface area (Å²) in [5.41, 5.74) is -0.0958. The normalized spacial score (nSPS) is 11.4. The van der Waals surface area contributed by atoms with Crippen LogP contribution in [0.15, 0.2) is 15.7 Å². The van der Waals surface area contributed by atoms with Crippen molar-refractivity contribution in [3.05, 3.63) is 16.5 Å². The Morgan fingerprint density at radius 3 is 2.67 bits per heavy atom. The highest BCUT2D eigenvalue weighted by Crippen LogP contribution is 2.25. The lowest BCUT2D eigenvalue weighted by molar-refractivity contribution is -0.140. The molecule has 1 aromatic rings. The minimum absolute atomic E-state index is 0.0958. The lowest BCUT2D eigenvalue weighted by Gasteiger charge is -2.17. The number of carbonyl (C=O) groups excluding carboxylic acids is 1. The second-order valence-corrected chi connectivity index (χ2v) is 6.70. The summed E-state index contributed by atoms with van der Waals surface area (Å²) >= 11 is 4.91. The van der Waals surface area contributed by atoms with Crippen LogP contribution in [-0.2, 0) is 14.9 Å². The fourth-order valence-electron chi connectivity index (χ4n) is 1.15. The van der Waals surface area contributed by atoms with Gasteiger partial charge in [0.15, 0.2) is 0 Å². The summed E-state index contributed by atoms with van der Waals surface area (Å²) in [4.78, 5) is 19.9. The van der Waals surface area contributed by atoms with Crippen molar-refractivity contribution < 1.29 is 9.53 Å². The molecule has 4 nitrogen and oxygen atoms in total. The summed E-state index contributed by atoms with van der Waals surface area (Å²) in [5.74, 6) is 1.24. The first-order valence-corrected chi connectivity index (χ1v) is 7.35. The SMILES string of the molecule is COC(=O)CCSc1cc(Br)nc(C(C)(C)C)n1. The van der Waals surface area contributed by atoms with Crippen molar-refractivity contribution in [1.82, 2.24) is 9.97 Å². The van der Waals surface area contributed by atoms with E-state index < -0.39 is 0 Å². The molecule has 0 radical (unpaired) electrons. The Bertz CT molecular complexity index is 433. The van der Waals surface area contributed by atoms with Crippen molar-refractivity contribution in [1.29, 1.82) is 0 Å². The second-order valence-electron chi connectivity index (χ2n) is 4.78.